The lowest BCUT2D eigenvalue weighted by Crippen LogP contribution is -2.34. The molecule has 0 saturated heterocycles. The van der Waals surface area contributed by atoms with E-state index in [0.29, 0.717) is 10.9 Å². The van der Waals surface area contributed by atoms with E-state index in [1.807, 2.05) is 0 Å². The molecule has 0 aliphatic heterocycles. The molecule has 0 aromatic heterocycles. The molecular weight excluding hydrogens is 321 g/mol. The SMILES string of the molecule is CS(=O)(=O)C1CCCC1Nc1ccc(F)c(Br)c1. The number of sulfone groups is 1. The van der Waals surface area contributed by atoms with Gasteiger partial charge in [0, 0.05) is 18.0 Å². The van der Waals surface area contributed by atoms with Gasteiger partial charge >= 0.3 is 0 Å². The minimum absolute atomic E-state index is 0.0858. The molecule has 2 unspecified atom stereocenters. The van der Waals surface area contributed by atoms with Gasteiger partial charge in [-0.1, -0.05) is 0 Å². The standard InChI is InChI=1S/C12H15BrFNO2S/c1-18(16,17)12-4-2-3-11(12)15-8-5-6-10(14)9(13)7-8/h5-7,11-12,15H,2-4H2,1H3. The van der Waals surface area contributed by atoms with E-state index in [1.54, 1.807) is 12.1 Å². The summed E-state index contributed by atoms with van der Waals surface area (Å²) in [5, 5.41) is 2.84. The van der Waals surface area contributed by atoms with Crippen LogP contribution in [0.25, 0.3) is 0 Å². The maximum absolute atomic E-state index is 13.1. The third-order valence-corrected chi connectivity index (χ3v) is 5.55. The van der Waals surface area contributed by atoms with Crippen molar-refractivity contribution in [3.05, 3.63) is 28.5 Å². The van der Waals surface area contributed by atoms with E-state index in [1.165, 1.54) is 12.3 Å². The predicted octanol–water partition coefficient (Wildman–Crippen LogP) is 2.97. The van der Waals surface area contributed by atoms with Gasteiger partial charge in [-0.15, -0.1) is 0 Å². The Morgan fingerprint density at radius 3 is 2.72 bits per heavy atom. The summed E-state index contributed by atoms with van der Waals surface area (Å²) in [4.78, 5) is 0. The third-order valence-electron chi connectivity index (χ3n) is 3.27. The Morgan fingerprint density at radius 1 is 1.39 bits per heavy atom. The van der Waals surface area contributed by atoms with E-state index in [-0.39, 0.29) is 17.1 Å². The molecule has 0 bridgehead atoms. The van der Waals surface area contributed by atoms with Crippen LogP contribution in [0.15, 0.2) is 22.7 Å². The van der Waals surface area contributed by atoms with Gasteiger partial charge in [-0.2, -0.15) is 0 Å². The Kier molecular flexibility index (Phi) is 3.96. The predicted molar refractivity (Wildman–Crippen MR) is 74.0 cm³/mol. The molecule has 1 aliphatic rings. The van der Waals surface area contributed by atoms with Crippen LogP contribution < -0.4 is 5.32 Å². The number of rotatable bonds is 3. The average molecular weight is 336 g/mol. The highest BCUT2D eigenvalue weighted by molar-refractivity contribution is 9.10. The molecule has 0 heterocycles. The minimum Gasteiger partial charge on any atom is -0.381 e. The van der Waals surface area contributed by atoms with Gasteiger partial charge in [0.25, 0.3) is 0 Å². The smallest absolute Gasteiger partial charge is 0.152 e. The third kappa shape index (κ3) is 3.03. The molecule has 1 aromatic carbocycles. The molecule has 0 spiro atoms. The number of hydrogen-bond acceptors (Lipinski definition) is 3. The molecule has 6 heteroatoms. The summed E-state index contributed by atoms with van der Waals surface area (Å²) in [6, 6.07) is 4.53. The molecule has 2 atom stereocenters. The zero-order valence-electron chi connectivity index (χ0n) is 9.99. The molecule has 1 saturated carbocycles. The van der Waals surface area contributed by atoms with Gasteiger partial charge in [0.1, 0.15) is 5.82 Å². The molecule has 1 fully saturated rings. The van der Waals surface area contributed by atoms with Crippen LogP contribution in [-0.2, 0) is 9.84 Å². The fourth-order valence-corrected chi connectivity index (χ4v) is 4.18. The van der Waals surface area contributed by atoms with E-state index < -0.39 is 9.84 Å². The Hall–Kier alpha value is -0.620. The van der Waals surface area contributed by atoms with Gasteiger partial charge in [-0.25, -0.2) is 12.8 Å². The summed E-state index contributed by atoms with van der Waals surface area (Å²) in [7, 11) is -3.04. The monoisotopic (exact) mass is 335 g/mol. The first kappa shape index (κ1) is 13.8. The number of hydrogen-bond donors (Lipinski definition) is 1. The molecule has 0 amide bonds. The number of halogens is 2. The minimum atomic E-state index is -3.04. The van der Waals surface area contributed by atoms with Crippen LogP contribution in [0.5, 0.6) is 0 Å². The molecule has 1 aliphatic carbocycles. The second-order valence-electron chi connectivity index (χ2n) is 4.68. The Morgan fingerprint density at radius 2 is 2.11 bits per heavy atom. The molecule has 0 radical (unpaired) electrons. The van der Waals surface area contributed by atoms with E-state index in [2.05, 4.69) is 21.2 Å². The van der Waals surface area contributed by atoms with Crippen LogP contribution in [0.3, 0.4) is 0 Å². The molecule has 18 heavy (non-hydrogen) atoms. The molecule has 1 N–H and O–H groups in total. The zero-order valence-corrected chi connectivity index (χ0v) is 12.4. The lowest BCUT2D eigenvalue weighted by atomic mass is 10.2. The number of nitrogens with one attached hydrogen (secondary N) is 1. The van der Waals surface area contributed by atoms with Crippen molar-refractivity contribution in [2.45, 2.75) is 30.6 Å². The number of benzene rings is 1. The van der Waals surface area contributed by atoms with Crippen molar-refractivity contribution < 1.29 is 12.8 Å². The first-order chi connectivity index (χ1) is 8.38. The van der Waals surface area contributed by atoms with E-state index in [9.17, 15) is 12.8 Å². The molecule has 2 rings (SSSR count). The van der Waals surface area contributed by atoms with Crippen molar-refractivity contribution in [2.75, 3.05) is 11.6 Å². The lowest BCUT2D eigenvalue weighted by Gasteiger charge is -2.20. The summed E-state index contributed by atoms with van der Waals surface area (Å²) < 4.78 is 36.8. The highest BCUT2D eigenvalue weighted by atomic mass is 79.9. The van der Waals surface area contributed by atoms with Crippen molar-refractivity contribution in [1.29, 1.82) is 0 Å². The second kappa shape index (κ2) is 5.17. The molecular formula is C12H15BrFNO2S. The summed E-state index contributed by atoms with van der Waals surface area (Å²) >= 11 is 3.12. The van der Waals surface area contributed by atoms with Crippen molar-refractivity contribution in [3.8, 4) is 0 Å². The highest BCUT2D eigenvalue weighted by Gasteiger charge is 2.34. The fraction of sp³-hybridized carbons (Fsp3) is 0.500. The summed E-state index contributed by atoms with van der Waals surface area (Å²) in [6.45, 7) is 0. The summed E-state index contributed by atoms with van der Waals surface area (Å²) in [6.07, 6.45) is 3.70. The largest absolute Gasteiger partial charge is 0.381 e. The summed E-state index contributed by atoms with van der Waals surface area (Å²) in [5.41, 5.74) is 0.740. The highest BCUT2D eigenvalue weighted by Crippen LogP contribution is 2.29. The second-order valence-corrected chi connectivity index (χ2v) is 7.80. The Balaban J connectivity index is 2.16. The van der Waals surface area contributed by atoms with E-state index in [4.69, 9.17) is 0 Å². The van der Waals surface area contributed by atoms with Crippen molar-refractivity contribution in [3.63, 3.8) is 0 Å². The van der Waals surface area contributed by atoms with Gasteiger partial charge in [0.05, 0.1) is 9.72 Å². The van der Waals surface area contributed by atoms with Gasteiger partial charge < -0.3 is 5.32 Å². The average Bonchev–Trinajstić information content (AvgIpc) is 2.71. The normalized spacial score (nSPS) is 24.2. The topological polar surface area (TPSA) is 46.2 Å². The van der Waals surface area contributed by atoms with Crippen molar-refractivity contribution >= 4 is 31.5 Å². The van der Waals surface area contributed by atoms with Gasteiger partial charge in [0.2, 0.25) is 0 Å². The molecule has 100 valence electrons. The van der Waals surface area contributed by atoms with E-state index >= 15 is 0 Å². The first-order valence-corrected chi connectivity index (χ1v) is 8.53. The van der Waals surface area contributed by atoms with Crippen LogP contribution in [0.2, 0.25) is 0 Å². The summed E-state index contributed by atoms with van der Waals surface area (Å²) in [5.74, 6) is -0.327. The quantitative estimate of drug-likeness (QED) is 0.923. The Labute approximate surface area is 115 Å². The van der Waals surface area contributed by atoms with Crippen LogP contribution >= 0.6 is 15.9 Å². The fourth-order valence-electron chi connectivity index (χ4n) is 2.40. The van der Waals surface area contributed by atoms with Crippen molar-refractivity contribution in [1.82, 2.24) is 0 Å². The zero-order chi connectivity index (χ0) is 13.3. The van der Waals surface area contributed by atoms with Gasteiger partial charge in [0.15, 0.2) is 9.84 Å². The maximum atomic E-state index is 13.1. The van der Waals surface area contributed by atoms with Crippen LogP contribution in [0.1, 0.15) is 19.3 Å². The van der Waals surface area contributed by atoms with Gasteiger partial charge in [-0.3, -0.25) is 0 Å². The van der Waals surface area contributed by atoms with Gasteiger partial charge in [-0.05, 0) is 53.4 Å². The molecule has 3 nitrogen and oxygen atoms in total. The van der Waals surface area contributed by atoms with Crippen LogP contribution in [0, 0.1) is 5.82 Å². The van der Waals surface area contributed by atoms with E-state index in [0.717, 1.165) is 18.5 Å². The number of anilines is 1. The van der Waals surface area contributed by atoms with Crippen molar-refractivity contribution in [2.24, 2.45) is 0 Å². The lowest BCUT2D eigenvalue weighted by molar-refractivity contribution is 0.579. The maximum Gasteiger partial charge on any atom is 0.152 e. The Bertz CT molecular complexity index is 547. The first-order valence-electron chi connectivity index (χ1n) is 5.78. The molecule has 1 aromatic rings. The van der Waals surface area contributed by atoms with Crippen LogP contribution in [0.4, 0.5) is 10.1 Å². The van der Waals surface area contributed by atoms with Crippen LogP contribution in [-0.4, -0.2) is 26.0 Å².